The van der Waals surface area contributed by atoms with E-state index in [2.05, 4.69) is 72.8 Å². The van der Waals surface area contributed by atoms with Crippen LogP contribution in [0, 0.1) is 11.3 Å². The number of nitriles is 1. The van der Waals surface area contributed by atoms with Crippen molar-refractivity contribution in [2.24, 2.45) is 0 Å². The molecule has 0 fully saturated rings. The van der Waals surface area contributed by atoms with E-state index in [0.29, 0.717) is 11.4 Å². The molecule has 7 aromatic rings. The number of fused-ring (bicyclic) bond motifs is 3. The average molecular weight is 564 g/mol. The van der Waals surface area contributed by atoms with E-state index in [4.69, 9.17) is 15.0 Å². The van der Waals surface area contributed by atoms with Gasteiger partial charge in [0, 0.05) is 0 Å². The first-order valence-corrected chi connectivity index (χ1v) is 14.3. The number of hydrogen-bond donors (Lipinski definition) is 0. The second-order valence-corrected chi connectivity index (χ2v) is 11.4. The van der Waals surface area contributed by atoms with Crippen molar-refractivity contribution in [1.29, 1.82) is 5.26 Å². The summed E-state index contributed by atoms with van der Waals surface area (Å²) in [6.45, 7) is 0. The Balaban J connectivity index is 1.42. The standard InChI is InChI=1S/C34H20N4Se/c35-21-22-8-7-13-26(18-22)31-20-30(24-9-3-1-4-10-24)36-33(37-31)27-15-14-23-16-17-29-32(28(23)19-27)39-34(38-29)25-11-5-2-6-12-25/h1-20H. The van der Waals surface area contributed by atoms with Gasteiger partial charge in [-0.05, 0) is 0 Å². The Morgan fingerprint density at radius 2 is 1.26 bits per heavy atom. The molecule has 0 N–H and O–H groups in total. The molecule has 0 amide bonds. The van der Waals surface area contributed by atoms with Gasteiger partial charge in [-0.1, -0.05) is 0 Å². The zero-order valence-corrected chi connectivity index (χ0v) is 22.5. The van der Waals surface area contributed by atoms with E-state index >= 15 is 0 Å². The summed E-state index contributed by atoms with van der Waals surface area (Å²) >= 11 is 0.102. The van der Waals surface area contributed by atoms with Crippen molar-refractivity contribution >= 4 is 35.1 Å². The van der Waals surface area contributed by atoms with Crippen molar-refractivity contribution in [3.63, 3.8) is 0 Å². The molecule has 0 aliphatic carbocycles. The van der Waals surface area contributed by atoms with Gasteiger partial charge in [-0.15, -0.1) is 0 Å². The van der Waals surface area contributed by atoms with Crippen LogP contribution in [0.3, 0.4) is 0 Å². The third-order valence-electron chi connectivity index (χ3n) is 6.73. The van der Waals surface area contributed by atoms with Crippen LogP contribution in [0.4, 0.5) is 0 Å². The predicted molar refractivity (Wildman–Crippen MR) is 158 cm³/mol. The summed E-state index contributed by atoms with van der Waals surface area (Å²) in [5.74, 6) is 0.655. The van der Waals surface area contributed by atoms with Gasteiger partial charge in [0.05, 0.1) is 0 Å². The second kappa shape index (κ2) is 9.78. The van der Waals surface area contributed by atoms with E-state index in [1.807, 2.05) is 48.5 Å². The normalized spacial score (nSPS) is 11.1. The quantitative estimate of drug-likeness (QED) is 0.205. The molecule has 4 nitrogen and oxygen atoms in total. The number of benzene rings is 5. The predicted octanol–water partition coefficient (Wildman–Crippen LogP) is 7.77. The van der Waals surface area contributed by atoms with Gasteiger partial charge in [0.2, 0.25) is 0 Å². The Hall–Kier alpha value is -4.88. The Morgan fingerprint density at radius 1 is 0.564 bits per heavy atom. The first-order valence-electron chi connectivity index (χ1n) is 12.6. The molecular weight excluding hydrogens is 543 g/mol. The van der Waals surface area contributed by atoms with Crippen molar-refractivity contribution in [2.75, 3.05) is 0 Å². The Labute approximate surface area is 231 Å². The van der Waals surface area contributed by atoms with Crippen LogP contribution < -0.4 is 0 Å². The molecule has 5 aromatic carbocycles. The minimum atomic E-state index is 0.102. The molecule has 0 aliphatic heterocycles. The van der Waals surface area contributed by atoms with E-state index in [1.54, 1.807) is 6.07 Å². The van der Waals surface area contributed by atoms with E-state index in [-0.39, 0.29) is 14.5 Å². The summed E-state index contributed by atoms with van der Waals surface area (Å²) in [4.78, 5) is 15.0. The Bertz CT molecular complexity index is 2020. The maximum atomic E-state index is 9.45. The van der Waals surface area contributed by atoms with E-state index in [1.165, 1.54) is 20.6 Å². The molecule has 0 spiro atoms. The van der Waals surface area contributed by atoms with Gasteiger partial charge < -0.3 is 0 Å². The first-order chi connectivity index (χ1) is 19.2. The van der Waals surface area contributed by atoms with Gasteiger partial charge >= 0.3 is 232 Å². The van der Waals surface area contributed by atoms with Gasteiger partial charge in [0.1, 0.15) is 0 Å². The fourth-order valence-electron chi connectivity index (χ4n) is 4.78. The van der Waals surface area contributed by atoms with Gasteiger partial charge in [0.25, 0.3) is 0 Å². The molecule has 39 heavy (non-hydrogen) atoms. The van der Waals surface area contributed by atoms with Crippen LogP contribution in [0.25, 0.3) is 64.6 Å². The zero-order chi connectivity index (χ0) is 26.2. The van der Waals surface area contributed by atoms with Crippen LogP contribution >= 0.6 is 0 Å². The van der Waals surface area contributed by atoms with Gasteiger partial charge in [0.15, 0.2) is 0 Å². The van der Waals surface area contributed by atoms with Crippen LogP contribution in [0.15, 0.2) is 121 Å². The fraction of sp³-hybridized carbons (Fsp3) is 0. The summed E-state index contributed by atoms with van der Waals surface area (Å²) in [5, 5.41) is 11.8. The number of aromatic nitrogens is 3. The van der Waals surface area contributed by atoms with E-state index in [9.17, 15) is 5.26 Å². The molecular formula is C34H20N4Se. The summed E-state index contributed by atoms with van der Waals surface area (Å²) < 4.78 is 2.44. The van der Waals surface area contributed by atoms with E-state index in [0.717, 1.165) is 38.2 Å². The molecule has 0 saturated carbocycles. The third kappa shape index (κ3) is 4.43. The van der Waals surface area contributed by atoms with Crippen LogP contribution in [0.5, 0.6) is 0 Å². The van der Waals surface area contributed by atoms with Gasteiger partial charge in [-0.3, -0.25) is 0 Å². The Morgan fingerprint density at radius 3 is 2.03 bits per heavy atom. The van der Waals surface area contributed by atoms with E-state index < -0.39 is 0 Å². The summed E-state index contributed by atoms with van der Waals surface area (Å²) in [6.07, 6.45) is 0. The topological polar surface area (TPSA) is 62.5 Å². The molecule has 182 valence electrons. The maximum absolute atomic E-state index is 9.45. The molecule has 0 atom stereocenters. The van der Waals surface area contributed by atoms with Crippen molar-refractivity contribution in [3.8, 4) is 50.1 Å². The van der Waals surface area contributed by atoms with Gasteiger partial charge in [-0.2, -0.15) is 0 Å². The third-order valence-corrected chi connectivity index (χ3v) is 9.15. The molecule has 5 heteroatoms. The molecule has 0 saturated heterocycles. The van der Waals surface area contributed by atoms with Crippen LogP contribution in [0.2, 0.25) is 0 Å². The molecule has 2 aromatic heterocycles. The number of hydrogen-bond acceptors (Lipinski definition) is 4. The SMILES string of the molecule is N#Cc1cccc(-c2cc(-c3ccccc3)nc(-c3ccc4ccc5nc(-c6ccccc6)[se]c5c4c3)n2)c1. The second-order valence-electron chi connectivity index (χ2n) is 9.26. The van der Waals surface area contributed by atoms with Gasteiger partial charge in [-0.25, -0.2) is 0 Å². The molecule has 0 radical (unpaired) electrons. The van der Waals surface area contributed by atoms with Crippen LogP contribution in [-0.2, 0) is 0 Å². The molecule has 2 heterocycles. The van der Waals surface area contributed by atoms with Crippen molar-refractivity contribution in [1.82, 2.24) is 15.0 Å². The fourth-order valence-corrected chi connectivity index (χ4v) is 7.08. The van der Waals surface area contributed by atoms with Crippen LogP contribution in [-0.4, -0.2) is 29.5 Å². The summed E-state index contributed by atoms with van der Waals surface area (Å²) in [7, 11) is 0. The molecule has 0 unspecified atom stereocenters. The zero-order valence-electron chi connectivity index (χ0n) is 20.7. The van der Waals surface area contributed by atoms with Crippen molar-refractivity contribution < 1.29 is 0 Å². The molecule has 0 bridgehead atoms. The van der Waals surface area contributed by atoms with Crippen molar-refractivity contribution in [3.05, 3.63) is 127 Å². The minimum absolute atomic E-state index is 0.102. The summed E-state index contributed by atoms with van der Waals surface area (Å²) in [5.41, 5.74) is 7.32. The Kier molecular flexibility index (Phi) is 5.83. The average Bonchev–Trinajstić information content (AvgIpc) is 3.47. The number of rotatable bonds is 4. The van der Waals surface area contributed by atoms with Crippen LogP contribution in [0.1, 0.15) is 5.56 Å². The molecule has 0 aliphatic rings. The first kappa shape index (κ1) is 23.3. The molecule has 7 rings (SSSR count). The number of nitrogens with zero attached hydrogens (tertiary/aromatic N) is 4. The summed E-state index contributed by atoms with van der Waals surface area (Å²) in [6, 6.07) is 43.1. The monoisotopic (exact) mass is 564 g/mol. The van der Waals surface area contributed by atoms with Crippen molar-refractivity contribution in [2.45, 2.75) is 0 Å².